The van der Waals surface area contributed by atoms with Crippen LogP contribution < -0.4 is 5.32 Å². The van der Waals surface area contributed by atoms with E-state index in [1.54, 1.807) is 6.92 Å². The highest BCUT2D eigenvalue weighted by molar-refractivity contribution is 5.96. The van der Waals surface area contributed by atoms with Crippen LogP contribution in [0.5, 0.6) is 0 Å². The number of nitrogens with one attached hydrogen (secondary N) is 1. The van der Waals surface area contributed by atoms with Crippen LogP contribution in [0.3, 0.4) is 0 Å². The summed E-state index contributed by atoms with van der Waals surface area (Å²) in [5, 5.41) is 2.79. The molecule has 1 saturated carbocycles. The molecule has 0 radical (unpaired) electrons. The van der Waals surface area contributed by atoms with E-state index >= 15 is 0 Å². The summed E-state index contributed by atoms with van der Waals surface area (Å²) in [6, 6.07) is -0.650. The van der Waals surface area contributed by atoms with Crippen molar-refractivity contribution >= 4 is 11.8 Å². The molecule has 1 aliphatic carbocycles. The van der Waals surface area contributed by atoms with E-state index in [1.165, 1.54) is 25.7 Å². The quantitative estimate of drug-likeness (QED) is 0.828. The second kappa shape index (κ2) is 5.29. The molecule has 2 atom stereocenters. The molecular weight excluding hydrogens is 228 g/mol. The number of rotatable bonds is 3. The highest BCUT2D eigenvalue weighted by Crippen LogP contribution is 2.28. The van der Waals surface area contributed by atoms with E-state index in [4.69, 9.17) is 0 Å². The van der Waals surface area contributed by atoms with Gasteiger partial charge in [-0.05, 0) is 31.6 Å². The lowest BCUT2D eigenvalue weighted by molar-refractivity contribution is -0.151. The fraction of sp³-hybridized carbons (Fsp3) is 0.857. The first-order valence-corrected chi connectivity index (χ1v) is 7.11. The van der Waals surface area contributed by atoms with Crippen LogP contribution in [0.2, 0.25) is 0 Å². The van der Waals surface area contributed by atoms with Gasteiger partial charge in [0.05, 0.1) is 0 Å². The maximum Gasteiger partial charge on any atom is 0.245 e. The minimum Gasteiger partial charge on any atom is -0.343 e. The molecule has 0 aromatic carbocycles. The van der Waals surface area contributed by atoms with Gasteiger partial charge in [0, 0.05) is 6.54 Å². The van der Waals surface area contributed by atoms with Crippen LogP contribution in [0.4, 0.5) is 0 Å². The molecule has 0 spiro atoms. The zero-order valence-corrected chi connectivity index (χ0v) is 11.6. The summed E-state index contributed by atoms with van der Waals surface area (Å²) >= 11 is 0. The SMILES string of the molecule is CC1NC(=O)C(C(C)C)N(CC2CCCC2)C1=O. The maximum atomic E-state index is 12.3. The summed E-state index contributed by atoms with van der Waals surface area (Å²) in [7, 11) is 0. The third-order valence-electron chi connectivity index (χ3n) is 4.18. The molecule has 0 aromatic heterocycles. The van der Waals surface area contributed by atoms with Gasteiger partial charge in [-0.25, -0.2) is 0 Å². The maximum absolute atomic E-state index is 12.3. The predicted molar refractivity (Wildman–Crippen MR) is 69.9 cm³/mol. The van der Waals surface area contributed by atoms with Crippen molar-refractivity contribution in [1.29, 1.82) is 0 Å². The Kier molecular flexibility index (Phi) is 3.93. The van der Waals surface area contributed by atoms with Crippen molar-refractivity contribution in [2.45, 2.75) is 58.5 Å². The lowest BCUT2D eigenvalue weighted by atomic mass is 9.95. The summed E-state index contributed by atoms with van der Waals surface area (Å²) in [6.45, 7) is 6.56. The number of hydrogen-bond donors (Lipinski definition) is 1. The molecule has 4 heteroatoms. The number of carbonyl (C=O) groups is 2. The summed E-state index contributed by atoms with van der Waals surface area (Å²) in [6.07, 6.45) is 4.93. The summed E-state index contributed by atoms with van der Waals surface area (Å²) in [5.74, 6) is 0.853. The first-order valence-electron chi connectivity index (χ1n) is 7.11. The van der Waals surface area contributed by atoms with Gasteiger partial charge in [0.25, 0.3) is 0 Å². The van der Waals surface area contributed by atoms with Gasteiger partial charge in [-0.3, -0.25) is 9.59 Å². The normalized spacial score (nSPS) is 30.1. The number of hydrogen-bond acceptors (Lipinski definition) is 2. The van der Waals surface area contributed by atoms with Crippen LogP contribution in [0.15, 0.2) is 0 Å². The number of nitrogens with zero attached hydrogens (tertiary/aromatic N) is 1. The van der Waals surface area contributed by atoms with E-state index in [2.05, 4.69) is 5.32 Å². The lowest BCUT2D eigenvalue weighted by Gasteiger charge is -2.41. The molecule has 1 N–H and O–H groups in total. The van der Waals surface area contributed by atoms with E-state index in [0.29, 0.717) is 5.92 Å². The van der Waals surface area contributed by atoms with E-state index < -0.39 is 0 Å². The van der Waals surface area contributed by atoms with Gasteiger partial charge in [-0.1, -0.05) is 26.7 Å². The highest BCUT2D eigenvalue weighted by Gasteiger charge is 2.41. The molecule has 2 rings (SSSR count). The van der Waals surface area contributed by atoms with Crippen LogP contribution in [0.25, 0.3) is 0 Å². The summed E-state index contributed by atoms with van der Waals surface area (Å²) in [5.41, 5.74) is 0. The number of piperazine rings is 1. The van der Waals surface area contributed by atoms with Gasteiger partial charge in [0.1, 0.15) is 12.1 Å². The molecule has 4 nitrogen and oxygen atoms in total. The molecule has 1 saturated heterocycles. The Morgan fingerprint density at radius 1 is 1.28 bits per heavy atom. The largest absolute Gasteiger partial charge is 0.343 e. The average Bonchev–Trinajstić information content (AvgIpc) is 2.77. The Morgan fingerprint density at radius 3 is 2.44 bits per heavy atom. The third kappa shape index (κ3) is 2.52. The lowest BCUT2D eigenvalue weighted by Crippen LogP contribution is -2.64. The Labute approximate surface area is 109 Å². The van der Waals surface area contributed by atoms with Crippen molar-refractivity contribution < 1.29 is 9.59 Å². The van der Waals surface area contributed by atoms with Gasteiger partial charge in [0.2, 0.25) is 11.8 Å². The Balaban J connectivity index is 2.13. The molecule has 0 aromatic rings. The average molecular weight is 252 g/mol. The number of carbonyl (C=O) groups excluding carboxylic acids is 2. The van der Waals surface area contributed by atoms with Gasteiger partial charge in [0.15, 0.2) is 0 Å². The highest BCUT2D eigenvalue weighted by atomic mass is 16.2. The van der Waals surface area contributed by atoms with Crippen LogP contribution in [-0.4, -0.2) is 35.3 Å². The van der Waals surface area contributed by atoms with Gasteiger partial charge < -0.3 is 10.2 Å². The molecule has 1 heterocycles. The van der Waals surface area contributed by atoms with Gasteiger partial charge in [-0.2, -0.15) is 0 Å². The zero-order chi connectivity index (χ0) is 13.3. The van der Waals surface area contributed by atoms with E-state index in [9.17, 15) is 9.59 Å². The first-order chi connectivity index (χ1) is 8.50. The van der Waals surface area contributed by atoms with Crippen molar-refractivity contribution in [3.05, 3.63) is 0 Å². The molecular formula is C14H24N2O2. The topological polar surface area (TPSA) is 49.4 Å². The van der Waals surface area contributed by atoms with Crippen LogP contribution in [0.1, 0.15) is 46.5 Å². The molecule has 102 valence electrons. The molecule has 2 unspecified atom stereocenters. The van der Waals surface area contributed by atoms with Crippen molar-refractivity contribution in [1.82, 2.24) is 10.2 Å². The molecule has 1 aliphatic heterocycles. The Bertz CT molecular complexity index is 335. The molecule has 0 bridgehead atoms. The van der Waals surface area contributed by atoms with E-state index in [0.717, 1.165) is 6.54 Å². The van der Waals surface area contributed by atoms with Crippen LogP contribution in [0, 0.1) is 11.8 Å². The molecule has 2 amide bonds. The second-order valence-corrected chi connectivity index (χ2v) is 6.06. The molecule has 18 heavy (non-hydrogen) atoms. The predicted octanol–water partition coefficient (Wildman–Crippen LogP) is 1.55. The first kappa shape index (κ1) is 13.4. The minimum absolute atomic E-state index is 0.00935. The molecule has 2 aliphatic rings. The smallest absolute Gasteiger partial charge is 0.245 e. The van der Waals surface area contributed by atoms with Gasteiger partial charge >= 0.3 is 0 Å². The van der Waals surface area contributed by atoms with Crippen LogP contribution >= 0.6 is 0 Å². The van der Waals surface area contributed by atoms with Gasteiger partial charge in [-0.15, -0.1) is 0 Å². The monoisotopic (exact) mass is 252 g/mol. The van der Waals surface area contributed by atoms with Crippen LogP contribution in [-0.2, 0) is 9.59 Å². The van der Waals surface area contributed by atoms with E-state index in [-0.39, 0.29) is 29.8 Å². The van der Waals surface area contributed by atoms with E-state index in [1.807, 2.05) is 18.7 Å². The fourth-order valence-corrected chi connectivity index (χ4v) is 3.23. The van der Waals surface area contributed by atoms with Crippen molar-refractivity contribution in [3.63, 3.8) is 0 Å². The standard InChI is InChI=1S/C14H24N2O2/c1-9(2)12-13(17)15-10(3)14(18)16(12)8-11-6-4-5-7-11/h9-12H,4-8H2,1-3H3,(H,15,17). The Morgan fingerprint density at radius 2 is 1.89 bits per heavy atom. The number of amides is 2. The summed E-state index contributed by atoms with van der Waals surface area (Å²) in [4.78, 5) is 26.2. The second-order valence-electron chi connectivity index (χ2n) is 6.06. The van der Waals surface area contributed by atoms with Crippen molar-refractivity contribution in [2.75, 3.05) is 6.54 Å². The zero-order valence-electron chi connectivity index (χ0n) is 11.6. The molecule has 2 fully saturated rings. The van der Waals surface area contributed by atoms with Crippen molar-refractivity contribution in [2.24, 2.45) is 11.8 Å². The Hall–Kier alpha value is -1.06. The third-order valence-corrected chi connectivity index (χ3v) is 4.18. The van der Waals surface area contributed by atoms with Crippen molar-refractivity contribution in [3.8, 4) is 0 Å². The summed E-state index contributed by atoms with van der Waals surface area (Å²) < 4.78 is 0. The fourth-order valence-electron chi connectivity index (χ4n) is 3.23. The minimum atomic E-state index is -0.367.